The minimum atomic E-state index is -0.233. The first-order chi connectivity index (χ1) is 8.09. The van der Waals surface area contributed by atoms with Gasteiger partial charge in [0, 0.05) is 24.0 Å². The molecule has 17 heavy (non-hydrogen) atoms. The van der Waals surface area contributed by atoms with E-state index in [0.717, 1.165) is 21.9 Å². The molecule has 0 N–H and O–H groups in total. The van der Waals surface area contributed by atoms with Gasteiger partial charge >= 0.3 is 0 Å². The molecule has 0 unspecified atom stereocenters. The summed E-state index contributed by atoms with van der Waals surface area (Å²) >= 11 is 0. The lowest BCUT2D eigenvalue weighted by Gasteiger charge is -2.07. The Balaban J connectivity index is 2.63. The van der Waals surface area contributed by atoms with Gasteiger partial charge in [0.1, 0.15) is 5.52 Å². The Morgan fingerprint density at radius 3 is 2.76 bits per heavy atom. The Kier molecular flexibility index (Phi) is 1.96. The molecule has 0 aliphatic carbocycles. The molecule has 0 saturated carbocycles. The van der Waals surface area contributed by atoms with Crippen LogP contribution in [0.3, 0.4) is 0 Å². The molecule has 4 heteroatoms. The third-order valence-electron chi connectivity index (χ3n) is 3.30. The number of fused-ring (bicyclic) bond motifs is 3. The van der Waals surface area contributed by atoms with Gasteiger partial charge in [0.2, 0.25) is 0 Å². The van der Waals surface area contributed by atoms with E-state index >= 15 is 0 Å². The SMILES string of the molecule is Cc1cc2c(ncc3cnn(C)c32)c(F)c1C. The fraction of sp³-hybridized carbons (Fsp3) is 0.231. The number of rotatable bonds is 0. The standard InChI is InChI=1S/C13H12FN3/c1-7-4-10-12(11(14)8(7)2)15-5-9-6-16-17(3)13(9)10/h4-6H,1-3H3. The highest BCUT2D eigenvalue weighted by Crippen LogP contribution is 2.28. The zero-order valence-electron chi connectivity index (χ0n) is 9.95. The largest absolute Gasteiger partial charge is 0.267 e. The molecule has 0 fully saturated rings. The van der Waals surface area contributed by atoms with Gasteiger partial charge in [-0.25, -0.2) is 4.39 Å². The van der Waals surface area contributed by atoms with Crippen LogP contribution in [0.1, 0.15) is 11.1 Å². The predicted molar refractivity (Wildman–Crippen MR) is 65.4 cm³/mol. The summed E-state index contributed by atoms with van der Waals surface area (Å²) in [5.74, 6) is -0.233. The van der Waals surface area contributed by atoms with Crippen molar-refractivity contribution in [2.45, 2.75) is 13.8 Å². The Morgan fingerprint density at radius 1 is 1.24 bits per heavy atom. The summed E-state index contributed by atoms with van der Waals surface area (Å²) < 4.78 is 15.9. The lowest BCUT2D eigenvalue weighted by atomic mass is 10.0. The minimum absolute atomic E-state index is 0.233. The first-order valence-electron chi connectivity index (χ1n) is 5.45. The summed E-state index contributed by atoms with van der Waals surface area (Å²) in [6.45, 7) is 3.69. The molecule has 86 valence electrons. The van der Waals surface area contributed by atoms with Gasteiger partial charge in [-0.2, -0.15) is 5.10 Å². The first-order valence-corrected chi connectivity index (χ1v) is 5.45. The van der Waals surface area contributed by atoms with E-state index in [2.05, 4.69) is 10.1 Å². The Labute approximate surface area is 97.9 Å². The maximum Gasteiger partial charge on any atom is 0.152 e. The third kappa shape index (κ3) is 1.27. The van der Waals surface area contributed by atoms with E-state index in [9.17, 15) is 4.39 Å². The molecule has 0 radical (unpaired) electrons. The zero-order valence-corrected chi connectivity index (χ0v) is 9.95. The lowest BCUT2D eigenvalue weighted by Crippen LogP contribution is -1.96. The predicted octanol–water partition coefficient (Wildman–Crippen LogP) is 2.88. The van der Waals surface area contributed by atoms with E-state index in [-0.39, 0.29) is 5.82 Å². The number of aryl methyl sites for hydroxylation is 2. The molecule has 0 amide bonds. The molecule has 3 nitrogen and oxygen atoms in total. The number of hydrogen-bond donors (Lipinski definition) is 0. The fourth-order valence-electron chi connectivity index (χ4n) is 2.18. The van der Waals surface area contributed by atoms with E-state index in [1.807, 2.05) is 20.0 Å². The average molecular weight is 229 g/mol. The van der Waals surface area contributed by atoms with Gasteiger partial charge in [-0.05, 0) is 31.0 Å². The van der Waals surface area contributed by atoms with Crippen molar-refractivity contribution in [3.05, 3.63) is 35.4 Å². The second kappa shape index (κ2) is 3.26. The van der Waals surface area contributed by atoms with E-state index in [0.29, 0.717) is 11.1 Å². The zero-order chi connectivity index (χ0) is 12.2. The third-order valence-corrected chi connectivity index (χ3v) is 3.30. The van der Waals surface area contributed by atoms with Crippen LogP contribution in [0.25, 0.3) is 21.8 Å². The van der Waals surface area contributed by atoms with Gasteiger partial charge < -0.3 is 0 Å². The van der Waals surface area contributed by atoms with Gasteiger partial charge in [-0.3, -0.25) is 9.67 Å². The fourth-order valence-corrected chi connectivity index (χ4v) is 2.18. The van der Waals surface area contributed by atoms with E-state index in [4.69, 9.17) is 0 Å². The van der Waals surface area contributed by atoms with E-state index in [1.54, 1.807) is 24.0 Å². The highest BCUT2D eigenvalue weighted by molar-refractivity contribution is 6.03. The second-order valence-corrected chi connectivity index (χ2v) is 4.36. The van der Waals surface area contributed by atoms with Crippen LogP contribution in [0.4, 0.5) is 4.39 Å². The van der Waals surface area contributed by atoms with Crippen molar-refractivity contribution in [2.75, 3.05) is 0 Å². The average Bonchev–Trinajstić information content (AvgIpc) is 2.68. The molecule has 3 aromatic rings. The highest BCUT2D eigenvalue weighted by atomic mass is 19.1. The van der Waals surface area contributed by atoms with Gasteiger partial charge in [0.15, 0.2) is 5.82 Å². The molecule has 0 atom stereocenters. The molecular weight excluding hydrogens is 217 g/mol. The molecule has 1 aromatic carbocycles. The van der Waals surface area contributed by atoms with Crippen molar-refractivity contribution in [3.63, 3.8) is 0 Å². The summed E-state index contributed by atoms with van der Waals surface area (Å²) in [5, 5.41) is 5.94. The summed E-state index contributed by atoms with van der Waals surface area (Å²) in [6.07, 6.45) is 3.41. The number of benzene rings is 1. The van der Waals surface area contributed by atoms with Gasteiger partial charge in [0.05, 0.1) is 11.7 Å². The van der Waals surface area contributed by atoms with Crippen molar-refractivity contribution >= 4 is 21.8 Å². The Morgan fingerprint density at radius 2 is 2.00 bits per heavy atom. The van der Waals surface area contributed by atoms with Crippen LogP contribution in [-0.4, -0.2) is 14.8 Å². The van der Waals surface area contributed by atoms with Crippen LogP contribution in [0.5, 0.6) is 0 Å². The highest BCUT2D eigenvalue weighted by Gasteiger charge is 2.13. The van der Waals surface area contributed by atoms with Gasteiger partial charge in [0.25, 0.3) is 0 Å². The van der Waals surface area contributed by atoms with Crippen molar-refractivity contribution in [1.82, 2.24) is 14.8 Å². The van der Waals surface area contributed by atoms with Crippen LogP contribution in [-0.2, 0) is 7.05 Å². The molecule has 0 spiro atoms. The summed E-state index contributed by atoms with van der Waals surface area (Å²) in [6, 6.07) is 1.98. The normalized spacial score (nSPS) is 11.5. The summed E-state index contributed by atoms with van der Waals surface area (Å²) in [7, 11) is 1.86. The van der Waals surface area contributed by atoms with Crippen molar-refractivity contribution < 1.29 is 4.39 Å². The molecule has 0 aliphatic rings. The van der Waals surface area contributed by atoms with Crippen LogP contribution in [0.15, 0.2) is 18.5 Å². The van der Waals surface area contributed by atoms with Crippen molar-refractivity contribution in [1.29, 1.82) is 0 Å². The Hall–Kier alpha value is -1.97. The van der Waals surface area contributed by atoms with Crippen LogP contribution < -0.4 is 0 Å². The molecule has 0 saturated heterocycles. The van der Waals surface area contributed by atoms with Crippen molar-refractivity contribution in [3.8, 4) is 0 Å². The first kappa shape index (κ1) is 10.2. The number of pyridine rings is 1. The summed E-state index contributed by atoms with van der Waals surface area (Å²) in [4.78, 5) is 4.20. The number of hydrogen-bond acceptors (Lipinski definition) is 2. The quantitative estimate of drug-likeness (QED) is 0.593. The summed E-state index contributed by atoms with van der Waals surface area (Å²) in [5.41, 5.74) is 2.94. The topological polar surface area (TPSA) is 30.7 Å². The minimum Gasteiger partial charge on any atom is -0.267 e. The second-order valence-electron chi connectivity index (χ2n) is 4.36. The van der Waals surface area contributed by atoms with E-state index < -0.39 is 0 Å². The van der Waals surface area contributed by atoms with Gasteiger partial charge in [-0.15, -0.1) is 0 Å². The lowest BCUT2D eigenvalue weighted by molar-refractivity contribution is 0.626. The van der Waals surface area contributed by atoms with Crippen molar-refractivity contribution in [2.24, 2.45) is 7.05 Å². The number of nitrogens with zero attached hydrogens (tertiary/aromatic N) is 3. The number of aromatic nitrogens is 3. The smallest absolute Gasteiger partial charge is 0.152 e. The Bertz CT molecular complexity index is 743. The molecular formula is C13H12FN3. The maximum absolute atomic E-state index is 14.1. The van der Waals surface area contributed by atoms with E-state index in [1.165, 1.54) is 0 Å². The molecule has 3 rings (SSSR count). The number of halogens is 1. The monoisotopic (exact) mass is 229 g/mol. The van der Waals surface area contributed by atoms with Crippen LogP contribution in [0, 0.1) is 19.7 Å². The molecule has 0 bridgehead atoms. The molecule has 2 heterocycles. The van der Waals surface area contributed by atoms with Crippen LogP contribution >= 0.6 is 0 Å². The maximum atomic E-state index is 14.1. The molecule has 0 aliphatic heterocycles. The molecule has 2 aromatic heterocycles. The van der Waals surface area contributed by atoms with Gasteiger partial charge in [-0.1, -0.05) is 0 Å². The van der Waals surface area contributed by atoms with Crippen LogP contribution in [0.2, 0.25) is 0 Å².